The zero-order valence-electron chi connectivity index (χ0n) is 18.3. The number of phenolic OH excluding ortho intramolecular Hbond substituents is 2. The fourth-order valence-electron chi connectivity index (χ4n) is 3.17. The van der Waals surface area contributed by atoms with E-state index in [2.05, 4.69) is 4.98 Å². The Morgan fingerprint density at radius 2 is 2.00 bits per heavy atom. The summed E-state index contributed by atoms with van der Waals surface area (Å²) in [5.41, 5.74) is 1.69. The summed E-state index contributed by atoms with van der Waals surface area (Å²) in [4.78, 5) is 16.4. The second-order valence-electron chi connectivity index (χ2n) is 7.22. The second-order valence-corrected chi connectivity index (χ2v) is 8.18. The number of alkyl halides is 2. The molecule has 0 saturated carbocycles. The van der Waals surface area contributed by atoms with E-state index in [0.717, 1.165) is 17.8 Å². The first-order valence-electron chi connectivity index (χ1n) is 9.97. The van der Waals surface area contributed by atoms with E-state index < -0.39 is 17.9 Å². The number of hydrogen-bond donors (Lipinski definition) is 2. The van der Waals surface area contributed by atoms with Crippen LogP contribution in [0, 0.1) is 18.3 Å². The van der Waals surface area contributed by atoms with Crippen LogP contribution in [0.1, 0.15) is 44.7 Å². The first kappa shape index (κ1) is 24.7. The summed E-state index contributed by atoms with van der Waals surface area (Å²) in [7, 11) is 1.50. The van der Waals surface area contributed by atoms with Gasteiger partial charge in [0.05, 0.1) is 18.2 Å². The molecule has 0 saturated heterocycles. The number of aryl methyl sites for hydroxylation is 1. The summed E-state index contributed by atoms with van der Waals surface area (Å²) in [6, 6.07) is 12.1. The van der Waals surface area contributed by atoms with E-state index >= 15 is 0 Å². The number of halogens is 2. The van der Waals surface area contributed by atoms with Gasteiger partial charge in [-0.3, -0.25) is 4.79 Å². The zero-order chi connectivity index (χ0) is 24.8. The number of phenols is 2. The fourth-order valence-corrected chi connectivity index (χ4v) is 4.21. The van der Waals surface area contributed by atoms with E-state index in [0.29, 0.717) is 22.4 Å². The number of benzene rings is 2. The Hall–Kier alpha value is -3.90. The van der Waals surface area contributed by atoms with Gasteiger partial charge in [0.2, 0.25) is 0 Å². The molecule has 3 rings (SSSR count). The average molecular weight is 483 g/mol. The summed E-state index contributed by atoms with van der Waals surface area (Å²) < 4.78 is 31.7. The molecule has 0 atom stereocenters. The molecule has 1 aromatic heterocycles. The number of hydrogen-bond acceptors (Lipinski definition) is 7. The minimum atomic E-state index is -2.75. The Bertz CT molecular complexity index is 1300. The number of carbonyl (C=O) groups is 1. The Morgan fingerprint density at radius 1 is 1.24 bits per heavy atom. The molecule has 3 aromatic rings. The van der Waals surface area contributed by atoms with Crippen LogP contribution in [0.25, 0.3) is 6.08 Å². The lowest BCUT2D eigenvalue weighted by atomic mass is 10.1. The smallest absolute Gasteiger partial charge is 0.280 e. The molecule has 0 aliphatic heterocycles. The maximum atomic E-state index is 13.2. The van der Waals surface area contributed by atoms with E-state index in [4.69, 9.17) is 4.74 Å². The summed E-state index contributed by atoms with van der Waals surface area (Å²) >= 11 is 1.14. The number of rotatable bonds is 8. The van der Waals surface area contributed by atoms with Crippen LogP contribution in [0.15, 0.2) is 53.6 Å². The molecule has 6 nitrogen and oxygen atoms in total. The predicted octanol–water partition coefficient (Wildman–Crippen LogP) is 5.81. The molecule has 0 aliphatic rings. The van der Waals surface area contributed by atoms with E-state index in [9.17, 15) is 29.1 Å². The molecule has 2 aromatic carbocycles. The van der Waals surface area contributed by atoms with Gasteiger partial charge in [0.1, 0.15) is 34.0 Å². The van der Waals surface area contributed by atoms with E-state index in [-0.39, 0.29) is 33.4 Å². The highest BCUT2D eigenvalue weighted by Gasteiger charge is 2.17. The van der Waals surface area contributed by atoms with Crippen LogP contribution in [0.3, 0.4) is 0 Å². The van der Waals surface area contributed by atoms with Crippen LogP contribution in [0.4, 0.5) is 8.78 Å². The number of ketones is 1. The molecule has 0 fully saturated rings. The van der Waals surface area contributed by atoms with E-state index in [1.165, 1.54) is 31.4 Å². The number of ether oxygens (including phenoxy) is 1. The quantitative estimate of drug-likeness (QED) is 0.237. The number of carbonyl (C=O) groups excluding carboxylic acids is 1. The van der Waals surface area contributed by atoms with Crippen molar-refractivity contribution < 1.29 is 28.5 Å². The monoisotopic (exact) mass is 482 g/mol. The van der Waals surface area contributed by atoms with Crippen molar-refractivity contribution in [3.8, 4) is 23.3 Å². The summed E-state index contributed by atoms with van der Waals surface area (Å²) in [6.45, 7) is 1.59. The highest BCUT2D eigenvalue weighted by atomic mass is 32.2. The van der Waals surface area contributed by atoms with Gasteiger partial charge in [-0.25, -0.2) is 13.8 Å². The van der Waals surface area contributed by atoms with Crippen molar-refractivity contribution in [1.29, 1.82) is 5.26 Å². The molecule has 0 radical (unpaired) electrons. The van der Waals surface area contributed by atoms with Crippen LogP contribution < -0.4 is 4.74 Å². The maximum Gasteiger partial charge on any atom is 0.280 e. The summed E-state index contributed by atoms with van der Waals surface area (Å²) in [6.07, 6.45) is 0.0950. The number of aromatic hydroxyl groups is 2. The highest BCUT2D eigenvalue weighted by molar-refractivity contribution is 7.98. The largest absolute Gasteiger partial charge is 0.508 e. The third kappa shape index (κ3) is 5.71. The SMILES string of the molecule is COc1ccc(/C=C/C(=O)c2ccc(O)cc2O)cc1CSc1nc(C(F)F)cc(C)c1C#N. The first-order valence-corrected chi connectivity index (χ1v) is 11.0. The third-order valence-electron chi connectivity index (χ3n) is 4.88. The van der Waals surface area contributed by atoms with Gasteiger partial charge in [0.15, 0.2) is 5.78 Å². The number of nitrogens with zero attached hydrogens (tertiary/aromatic N) is 2. The van der Waals surface area contributed by atoms with Crippen LogP contribution in [-0.4, -0.2) is 28.1 Å². The number of nitriles is 1. The standard InChI is InChI=1S/C25H20F2N2O4S/c1-14-9-20(24(26)27)29-25(19(14)12-28)34-13-16-10-15(4-8-23(16)33-2)3-7-21(31)18-6-5-17(30)11-22(18)32/h3-11,24,30,32H,13H2,1-2H3/b7-3+. The Balaban J connectivity index is 1.85. The average Bonchev–Trinajstić information content (AvgIpc) is 2.80. The molecule has 0 bridgehead atoms. The molecule has 9 heteroatoms. The minimum Gasteiger partial charge on any atom is -0.508 e. The second kappa shape index (κ2) is 10.8. The molecule has 34 heavy (non-hydrogen) atoms. The zero-order valence-corrected chi connectivity index (χ0v) is 19.1. The van der Waals surface area contributed by atoms with Crippen molar-refractivity contribution in [3.63, 3.8) is 0 Å². The lowest BCUT2D eigenvalue weighted by molar-refractivity contribution is 0.104. The van der Waals surface area contributed by atoms with E-state index in [1.807, 2.05) is 6.07 Å². The highest BCUT2D eigenvalue weighted by Crippen LogP contribution is 2.33. The van der Waals surface area contributed by atoms with Crippen molar-refractivity contribution in [2.75, 3.05) is 7.11 Å². The topological polar surface area (TPSA) is 103 Å². The number of aromatic nitrogens is 1. The summed E-state index contributed by atoms with van der Waals surface area (Å²) in [5, 5.41) is 28.9. The predicted molar refractivity (Wildman–Crippen MR) is 124 cm³/mol. The van der Waals surface area contributed by atoms with E-state index in [1.54, 1.807) is 31.2 Å². The Morgan fingerprint density at radius 3 is 2.65 bits per heavy atom. The number of pyridine rings is 1. The van der Waals surface area contributed by atoms with Crippen molar-refractivity contribution in [3.05, 3.63) is 82.1 Å². The molecule has 0 amide bonds. The fraction of sp³-hybridized carbons (Fsp3) is 0.160. The van der Waals surface area contributed by atoms with Gasteiger partial charge in [-0.2, -0.15) is 5.26 Å². The van der Waals surface area contributed by atoms with Gasteiger partial charge in [0.25, 0.3) is 6.43 Å². The molecule has 0 unspecified atom stereocenters. The minimum absolute atomic E-state index is 0.0442. The molecular formula is C25H20F2N2O4S. The molecule has 1 heterocycles. The molecular weight excluding hydrogens is 462 g/mol. The van der Waals surface area contributed by atoms with Crippen molar-refractivity contribution in [2.45, 2.75) is 24.1 Å². The molecule has 0 aliphatic carbocycles. The molecule has 2 N–H and O–H groups in total. The Labute approximate surface area is 199 Å². The lowest BCUT2D eigenvalue weighted by Crippen LogP contribution is -1.99. The first-order chi connectivity index (χ1) is 16.2. The van der Waals surface area contributed by atoms with Gasteiger partial charge in [-0.05, 0) is 54.5 Å². The summed E-state index contributed by atoms with van der Waals surface area (Å²) in [5.74, 6) is -0.105. The van der Waals surface area contributed by atoms with Crippen LogP contribution >= 0.6 is 11.8 Å². The van der Waals surface area contributed by atoms with Crippen LogP contribution in [-0.2, 0) is 5.75 Å². The lowest BCUT2D eigenvalue weighted by Gasteiger charge is -2.12. The van der Waals surface area contributed by atoms with Crippen LogP contribution in [0.2, 0.25) is 0 Å². The normalized spacial score (nSPS) is 11.1. The van der Waals surface area contributed by atoms with Gasteiger partial charge < -0.3 is 14.9 Å². The van der Waals surface area contributed by atoms with Crippen molar-refractivity contribution in [1.82, 2.24) is 4.98 Å². The van der Waals surface area contributed by atoms with Gasteiger partial charge in [-0.15, -0.1) is 11.8 Å². The Kier molecular flexibility index (Phi) is 7.87. The van der Waals surface area contributed by atoms with Gasteiger partial charge in [-0.1, -0.05) is 12.1 Å². The van der Waals surface area contributed by atoms with Crippen molar-refractivity contribution in [2.24, 2.45) is 0 Å². The molecule has 174 valence electrons. The van der Waals surface area contributed by atoms with Crippen molar-refractivity contribution >= 4 is 23.6 Å². The number of methoxy groups -OCH3 is 1. The molecule has 0 spiro atoms. The van der Waals surface area contributed by atoms with Gasteiger partial charge in [0, 0.05) is 17.4 Å². The van der Waals surface area contributed by atoms with Crippen LogP contribution in [0.5, 0.6) is 17.2 Å². The van der Waals surface area contributed by atoms with Gasteiger partial charge >= 0.3 is 0 Å². The maximum absolute atomic E-state index is 13.2. The number of allylic oxidation sites excluding steroid dienone is 1. The third-order valence-corrected chi connectivity index (χ3v) is 5.91. The number of thioether (sulfide) groups is 1.